The van der Waals surface area contributed by atoms with E-state index in [4.69, 9.17) is 10.3 Å². The summed E-state index contributed by atoms with van der Waals surface area (Å²) in [5.41, 5.74) is 8.79. The van der Waals surface area contributed by atoms with Gasteiger partial charge in [-0.3, -0.25) is 0 Å². The molecule has 1 aromatic rings. The summed E-state index contributed by atoms with van der Waals surface area (Å²) < 4.78 is 5.30. The molecule has 2 rings (SSSR count). The minimum Gasteiger partial charge on any atom is -0.538 e. The average Bonchev–Trinajstić information content (AvgIpc) is 2.63. The fraction of sp³-hybridized carbons (Fsp3) is 0.421. The van der Waals surface area contributed by atoms with E-state index in [9.17, 15) is 14.7 Å². The van der Waals surface area contributed by atoms with Crippen LogP contribution in [-0.4, -0.2) is 34.3 Å². The van der Waals surface area contributed by atoms with Crippen molar-refractivity contribution in [1.29, 1.82) is 0 Å². The number of hydrogen-bond acceptors (Lipinski definition) is 5. The number of benzene rings is 1. The molecule has 0 spiro atoms. The second-order valence-electron chi connectivity index (χ2n) is 6.03. The first-order chi connectivity index (χ1) is 12.6. The second kappa shape index (κ2) is 10.6. The fourth-order valence-corrected chi connectivity index (χ4v) is 3.75. The zero-order valence-electron chi connectivity index (χ0n) is 14.4. The Bertz CT molecular complexity index is 712. The quantitative estimate of drug-likeness (QED) is 0.126. The van der Waals surface area contributed by atoms with Gasteiger partial charge in [-0.1, -0.05) is 29.8 Å². The highest BCUT2D eigenvalue weighted by Crippen LogP contribution is 2.26. The molecule has 6 nitrogen and oxygen atoms in total. The first-order valence-corrected chi connectivity index (χ1v) is 9.59. The summed E-state index contributed by atoms with van der Waals surface area (Å²) in [6.07, 6.45) is 7.05. The first-order valence-electron chi connectivity index (χ1n) is 8.60. The lowest BCUT2D eigenvalue weighted by Crippen LogP contribution is -2.40. The van der Waals surface area contributed by atoms with E-state index >= 15 is 0 Å². The Morgan fingerprint density at radius 2 is 2.04 bits per heavy atom. The Balaban J connectivity index is 1.98. The van der Waals surface area contributed by atoms with E-state index in [1.165, 1.54) is 5.57 Å². The van der Waals surface area contributed by atoms with Crippen molar-refractivity contribution in [3.8, 4) is 0 Å². The van der Waals surface area contributed by atoms with E-state index in [0.717, 1.165) is 30.6 Å². The molecular weight excluding hydrogens is 352 g/mol. The molecule has 0 radical (unpaired) electrons. The lowest BCUT2D eigenvalue weighted by Gasteiger charge is -2.20. The summed E-state index contributed by atoms with van der Waals surface area (Å²) in [4.78, 5) is 26.4. The third-order valence-electron chi connectivity index (χ3n) is 4.09. The Labute approximate surface area is 156 Å². The van der Waals surface area contributed by atoms with Crippen LogP contribution in [0, 0.1) is 0 Å². The highest BCUT2D eigenvalue weighted by atomic mass is 32.2. The van der Waals surface area contributed by atoms with Crippen LogP contribution < -0.4 is 5.11 Å². The Morgan fingerprint density at radius 3 is 2.65 bits per heavy atom. The lowest BCUT2D eigenvalue weighted by molar-refractivity contribution is -0.297. The van der Waals surface area contributed by atoms with E-state index in [1.807, 2.05) is 30.3 Å². The van der Waals surface area contributed by atoms with Crippen molar-refractivity contribution in [3.63, 3.8) is 0 Å². The molecule has 1 aliphatic carbocycles. The topological polar surface area (TPSA) is 103 Å². The number of carboxylic acid groups (broad SMARTS) is 1. The van der Waals surface area contributed by atoms with Gasteiger partial charge in [-0.2, -0.15) is 4.79 Å². The second-order valence-corrected chi connectivity index (χ2v) is 7.19. The van der Waals surface area contributed by atoms with Crippen LogP contribution in [0.2, 0.25) is 0 Å². The van der Waals surface area contributed by atoms with Gasteiger partial charge in [0.1, 0.15) is 6.10 Å². The molecule has 1 atom stereocenters. The summed E-state index contributed by atoms with van der Waals surface area (Å²) in [7, 11) is 0. The van der Waals surface area contributed by atoms with Crippen molar-refractivity contribution >= 4 is 29.4 Å². The average molecular weight is 373 g/mol. The van der Waals surface area contributed by atoms with E-state index in [0.29, 0.717) is 18.6 Å². The van der Waals surface area contributed by atoms with Crippen molar-refractivity contribution in [2.24, 2.45) is 0 Å². The molecule has 0 N–H and O–H groups in total. The van der Waals surface area contributed by atoms with Gasteiger partial charge in [0.15, 0.2) is 5.97 Å². The van der Waals surface area contributed by atoms with Crippen LogP contribution in [0.4, 0.5) is 0 Å². The summed E-state index contributed by atoms with van der Waals surface area (Å²) in [6.45, 7) is 0. The van der Waals surface area contributed by atoms with Crippen LogP contribution in [0.25, 0.3) is 5.53 Å². The van der Waals surface area contributed by atoms with Crippen molar-refractivity contribution in [1.82, 2.24) is 0 Å². The van der Waals surface area contributed by atoms with Crippen molar-refractivity contribution in [3.05, 3.63) is 47.5 Å². The number of hydrogen-bond donors (Lipinski definition) is 0. The van der Waals surface area contributed by atoms with Gasteiger partial charge in [0.2, 0.25) is 0 Å². The highest BCUT2D eigenvalue weighted by molar-refractivity contribution is 7.99. The number of carbonyl (C=O) groups is 2. The smallest absolute Gasteiger partial charge is 0.423 e. The van der Waals surface area contributed by atoms with Crippen LogP contribution in [0.5, 0.6) is 0 Å². The molecule has 1 aromatic carbocycles. The number of carbonyl (C=O) groups excluding carboxylic acids is 2. The standard InChI is InChI=1S/C19H22N2O4S/c20-21-17(18(22)23)19(24)25-15(13-14-7-3-1-4-8-14)11-12-26-16-9-5-2-6-10-16/h2,5-7,9-10,15H,1,3-4,8,11-13H2,(H,22,23)/p-1. The maximum absolute atomic E-state index is 11.9. The highest BCUT2D eigenvalue weighted by Gasteiger charge is 2.27. The number of rotatable bonds is 9. The van der Waals surface area contributed by atoms with E-state index in [1.54, 1.807) is 11.8 Å². The predicted molar refractivity (Wildman–Crippen MR) is 96.5 cm³/mol. The molecule has 0 saturated heterocycles. The number of ether oxygens (including phenoxy) is 1. The van der Waals surface area contributed by atoms with Gasteiger partial charge in [-0.15, -0.1) is 11.8 Å². The van der Waals surface area contributed by atoms with Gasteiger partial charge in [0, 0.05) is 17.1 Å². The van der Waals surface area contributed by atoms with Gasteiger partial charge in [0.05, 0.1) is 0 Å². The number of carboxylic acids is 1. The molecule has 0 heterocycles. The maximum Gasteiger partial charge on any atom is 0.423 e. The van der Waals surface area contributed by atoms with Gasteiger partial charge < -0.3 is 20.2 Å². The van der Waals surface area contributed by atoms with Crippen LogP contribution in [0.15, 0.2) is 46.9 Å². The summed E-state index contributed by atoms with van der Waals surface area (Å²) in [6, 6.07) is 9.86. The number of nitrogens with zero attached hydrogens (tertiary/aromatic N) is 2. The van der Waals surface area contributed by atoms with Gasteiger partial charge in [-0.05, 0) is 44.2 Å². The van der Waals surface area contributed by atoms with Crippen LogP contribution in [0.1, 0.15) is 38.5 Å². The zero-order valence-corrected chi connectivity index (χ0v) is 15.2. The fourth-order valence-electron chi connectivity index (χ4n) is 2.78. The summed E-state index contributed by atoms with van der Waals surface area (Å²) >= 11 is 1.64. The molecule has 138 valence electrons. The number of esters is 1. The predicted octanol–water partition coefficient (Wildman–Crippen LogP) is 2.39. The summed E-state index contributed by atoms with van der Waals surface area (Å²) in [5.74, 6) is -2.31. The first kappa shape index (κ1) is 19.9. The van der Waals surface area contributed by atoms with Gasteiger partial charge in [0.25, 0.3) is 0 Å². The van der Waals surface area contributed by atoms with Crippen molar-refractivity contribution in [2.45, 2.75) is 49.5 Å². The van der Waals surface area contributed by atoms with Crippen LogP contribution >= 0.6 is 11.8 Å². The Hall–Kier alpha value is -2.37. The number of aliphatic carboxylic acids is 1. The molecular formula is C19H21N2O4S-. The molecule has 0 amide bonds. The van der Waals surface area contributed by atoms with Crippen molar-refractivity contribution < 1.29 is 24.2 Å². The van der Waals surface area contributed by atoms with Gasteiger partial charge >= 0.3 is 11.7 Å². The third-order valence-corrected chi connectivity index (χ3v) is 5.13. The number of allylic oxidation sites excluding steroid dienone is 1. The third kappa shape index (κ3) is 6.50. The minimum atomic E-state index is -1.85. The minimum absolute atomic E-state index is 0.473. The monoisotopic (exact) mass is 373 g/mol. The Morgan fingerprint density at radius 1 is 1.27 bits per heavy atom. The maximum atomic E-state index is 11.9. The van der Waals surface area contributed by atoms with E-state index in [-0.39, 0.29) is 0 Å². The normalized spacial score (nSPS) is 14.7. The molecule has 26 heavy (non-hydrogen) atoms. The van der Waals surface area contributed by atoms with Crippen molar-refractivity contribution in [2.75, 3.05) is 5.75 Å². The van der Waals surface area contributed by atoms with Crippen LogP contribution in [0.3, 0.4) is 0 Å². The zero-order chi connectivity index (χ0) is 18.8. The molecule has 0 aliphatic heterocycles. The molecule has 0 saturated carbocycles. The van der Waals surface area contributed by atoms with Crippen LogP contribution in [-0.2, 0) is 14.3 Å². The molecule has 7 heteroatoms. The molecule has 0 fully saturated rings. The van der Waals surface area contributed by atoms with Gasteiger partial charge in [-0.25, -0.2) is 4.79 Å². The number of thioether (sulfide) groups is 1. The summed E-state index contributed by atoms with van der Waals surface area (Å²) in [5, 5.41) is 10.8. The SMILES string of the molecule is [N-]=[N+]=C(C(=O)[O-])C(=O)OC(CCSc1ccccc1)CC1=CCCCC1. The molecule has 0 aromatic heterocycles. The van der Waals surface area contributed by atoms with E-state index in [2.05, 4.69) is 10.9 Å². The molecule has 0 bridgehead atoms. The largest absolute Gasteiger partial charge is 0.538 e. The lowest BCUT2D eigenvalue weighted by atomic mass is 9.94. The Kier molecular flexibility index (Phi) is 8.12. The molecule has 1 unspecified atom stereocenters. The molecule has 1 aliphatic rings. The van der Waals surface area contributed by atoms with E-state index < -0.39 is 23.8 Å².